The second-order valence-electron chi connectivity index (χ2n) is 5.60. The van der Waals surface area contributed by atoms with Gasteiger partial charge in [-0.3, -0.25) is 10.2 Å². The number of nitriles is 1. The van der Waals surface area contributed by atoms with E-state index in [9.17, 15) is 31.1 Å². The van der Waals surface area contributed by atoms with Crippen molar-refractivity contribution in [3.05, 3.63) is 29.3 Å². The van der Waals surface area contributed by atoms with Gasteiger partial charge in [-0.05, 0) is 24.6 Å². The number of nitrogens with zero attached hydrogens (tertiary/aromatic N) is 2. The Balaban J connectivity index is 2.26. The molecule has 0 aliphatic carbocycles. The van der Waals surface area contributed by atoms with E-state index in [0.717, 1.165) is 12.1 Å². The molecule has 26 heavy (non-hydrogen) atoms. The van der Waals surface area contributed by atoms with Crippen LogP contribution < -0.4 is 10.7 Å². The predicted octanol–water partition coefficient (Wildman–Crippen LogP) is 3.58. The van der Waals surface area contributed by atoms with Crippen molar-refractivity contribution in [2.45, 2.75) is 37.7 Å². The highest BCUT2D eigenvalue weighted by Gasteiger charge is 2.49. The molecule has 2 rings (SSSR count). The summed E-state index contributed by atoms with van der Waals surface area (Å²) in [5.41, 5.74) is -2.94. The number of carbonyl (C=O) groups excluding carboxylic acids is 1. The molecule has 1 aliphatic heterocycles. The lowest BCUT2D eigenvalue weighted by Crippen LogP contribution is -2.50. The molecular weight excluding hydrogens is 366 g/mol. The van der Waals surface area contributed by atoms with Gasteiger partial charge in [0, 0.05) is 12.1 Å². The highest BCUT2D eigenvalue weighted by molar-refractivity contribution is 6.04. The number of hydrazone groups is 1. The van der Waals surface area contributed by atoms with Crippen molar-refractivity contribution in [2.24, 2.45) is 5.10 Å². The summed E-state index contributed by atoms with van der Waals surface area (Å²) >= 11 is 0. The van der Waals surface area contributed by atoms with E-state index in [2.05, 4.69) is 15.8 Å². The zero-order valence-corrected chi connectivity index (χ0v) is 13.2. The average molecular weight is 378 g/mol. The molecule has 1 amide bonds. The molecule has 11 heteroatoms. The van der Waals surface area contributed by atoms with E-state index in [1.54, 1.807) is 0 Å². The van der Waals surface area contributed by atoms with Gasteiger partial charge < -0.3 is 5.32 Å². The van der Waals surface area contributed by atoms with Gasteiger partial charge in [-0.15, -0.1) is 0 Å². The Morgan fingerprint density at radius 1 is 1.31 bits per heavy atom. The van der Waals surface area contributed by atoms with Crippen LogP contribution in [0.3, 0.4) is 0 Å². The number of hydrogen-bond acceptors (Lipinski definition) is 4. The minimum Gasteiger partial charge on any atom is -0.324 e. The molecule has 0 spiro atoms. The molecule has 0 unspecified atom stereocenters. The predicted molar refractivity (Wildman–Crippen MR) is 79.1 cm³/mol. The van der Waals surface area contributed by atoms with Crippen LogP contribution in [0, 0.1) is 11.3 Å². The van der Waals surface area contributed by atoms with Crippen molar-refractivity contribution in [1.29, 1.82) is 5.26 Å². The van der Waals surface area contributed by atoms with Crippen LogP contribution in [0.5, 0.6) is 0 Å². The Hall–Kier alpha value is -2.77. The zero-order valence-electron chi connectivity index (χ0n) is 13.2. The number of halogens is 6. The fraction of sp³-hybridized carbons (Fsp3) is 0.400. The van der Waals surface area contributed by atoms with Crippen molar-refractivity contribution in [2.75, 3.05) is 5.32 Å². The maximum atomic E-state index is 13.0. The normalized spacial score (nSPS) is 20.2. The van der Waals surface area contributed by atoms with Gasteiger partial charge in [-0.25, -0.2) is 0 Å². The molecule has 1 aliphatic rings. The summed E-state index contributed by atoms with van der Waals surface area (Å²) in [5, 5.41) is 14.0. The van der Waals surface area contributed by atoms with Crippen molar-refractivity contribution < 1.29 is 31.1 Å². The smallest absolute Gasteiger partial charge is 0.324 e. The molecule has 5 nitrogen and oxygen atoms in total. The van der Waals surface area contributed by atoms with Crippen LogP contribution in [-0.4, -0.2) is 23.3 Å². The van der Waals surface area contributed by atoms with Gasteiger partial charge in [0.05, 0.1) is 17.2 Å². The minimum absolute atomic E-state index is 0.0790. The Kier molecular flexibility index (Phi) is 4.90. The van der Waals surface area contributed by atoms with Crippen LogP contribution in [0.4, 0.5) is 32.0 Å². The van der Waals surface area contributed by atoms with Crippen LogP contribution in [0.25, 0.3) is 0 Å². The topological polar surface area (TPSA) is 77.3 Å². The number of benzene rings is 1. The van der Waals surface area contributed by atoms with Crippen LogP contribution in [0.15, 0.2) is 23.3 Å². The lowest BCUT2D eigenvalue weighted by Gasteiger charge is -2.26. The first-order valence-electron chi connectivity index (χ1n) is 7.26. The van der Waals surface area contributed by atoms with Crippen molar-refractivity contribution in [1.82, 2.24) is 5.43 Å². The van der Waals surface area contributed by atoms with Gasteiger partial charge in [0.25, 0.3) is 5.91 Å². The number of nitrogens with one attached hydrogen (secondary N) is 2. The highest BCUT2D eigenvalue weighted by Crippen LogP contribution is 2.35. The number of rotatable bonds is 3. The summed E-state index contributed by atoms with van der Waals surface area (Å²) < 4.78 is 77.1. The van der Waals surface area contributed by atoms with Crippen LogP contribution in [0.2, 0.25) is 0 Å². The third-order valence-corrected chi connectivity index (χ3v) is 3.94. The Morgan fingerprint density at radius 2 is 1.96 bits per heavy atom. The summed E-state index contributed by atoms with van der Waals surface area (Å²) in [6.07, 6.45) is -10.4. The molecule has 1 aromatic carbocycles. The van der Waals surface area contributed by atoms with E-state index in [1.165, 1.54) is 13.0 Å². The Morgan fingerprint density at radius 3 is 2.42 bits per heavy atom. The number of hydrogen-bond donors (Lipinski definition) is 2. The second kappa shape index (κ2) is 6.51. The fourth-order valence-corrected chi connectivity index (χ4v) is 2.40. The van der Waals surface area contributed by atoms with E-state index in [-0.39, 0.29) is 12.1 Å². The first-order chi connectivity index (χ1) is 11.9. The summed E-state index contributed by atoms with van der Waals surface area (Å²) in [7, 11) is 0. The van der Waals surface area contributed by atoms with Crippen LogP contribution in [-0.2, 0) is 11.0 Å². The summed E-state index contributed by atoms with van der Waals surface area (Å²) in [6.45, 7) is 1.45. The lowest BCUT2D eigenvalue weighted by molar-refractivity contribution is -0.137. The highest BCUT2D eigenvalue weighted by atomic mass is 19.4. The standard InChI is InChI=1S/C15H12F6N4O/c1-2-13(6-11(24-25-13)15(19,20)21)12(26)23-9-4-3-8(7-22)10(5-9)14(16,17)18/h3-5,25H,2,6H2,1H3,(H,23,26)/t13-/m0/s1. The molecule has 140 valence electrons. The molecule has 0 fully saturated rings. The average Bonchev–Trinajstić information content (AvgIpc) is 3.00. The van der Waals surface area contributed by atoms with E-state index in [0.29, 0.717) is 6.07 Å². The molecule has 2 N–H and O–H groups in total. The molecule has 0 aromatic heterocycles. The quantitative estimate of drug-likeness (QED) is 0.790. The van der Waals surface area contributed by atoms with Gasteiger partial charge in [-0.2, -0.15) is 36.7 Å². The van der Waals surface area contributed by atoms with E-state index >= 15 is 0 Å². The second-order valence-corrected chi connectivity index (χ2v) is 5.60. The summed E-state index contributed by atoms with van der Waals surface area (Å²) in [5.74, 6) is -0.958. The Bertz CT molecular complexity index is 793. The zero-order chi connectivity index (χ0) is 19.8. The monoisotopic (exact) mass is 378 g/mol. The van der Waals surface area contributed by atoms with Crippen molar-refractivity contribution >= 4 is 17.3 Å². The molecule has 1 heterocycles. The summed E-state index contributed by atoms with van der Waals surface area (Å²) in [6, 6.07) is 3.88. The first kappa shape index (κ1) is 19.6. The Labute approximate surface area is 143 Å². The number of carbonyl (C=O) groups is 1. The maximum absolute atomic E-state index is 13.0. The molecule has 1 atom stereocenters. The summed E-state index contributed by atoms with van der Waals surface area (Å²) in [4.78, 5) is 12.4. The molecule has 1 aromatic rings. The first-order valence-corrected chi connectivity index (χ1v) is 7.26. The van der Waals surface area contributed by atoms with E-state index in [4.69, 9.17) is 5.26 Å². The van der Waals surface area contributed by atoms with Gasteiger partial charge in [0.2, 0.25) is 0 Å². The van der Waals surface area contributed by atoms with Gasteiger partial charge in [0.15, 0.2) is 0 Å². The lowest BCUT2D eigenvalue weighted by atomic mass is 9.90. The van der Waals surface area contributed by atoms with E-state index in [1.807, 2.05) is 0 Å². The maximum Gasteiger partial charge on any atom is 0.431 e. The molecular formula is C15H12F6N4O. The minimum atomic E-state index is -4.83. The molecule has 0 saturated carbocycles. The van der Waals surface area contributed by atoms with Crippen molar-refractivity contribution in [3.8, 4) is 6.07 Å². The fourth-order valence-electron chi connectivity index (χ4n) is 2.40. The SMILES string of the molecule is CC[C@@]1(C(=O)Nc2ccc(C#N)c(C(F)(F)F)c2)CC(C(F)(F)F)=NN1. The van der Waals surface area contributed by atoms with Crippen molar-refractivity contribution in [3.63, 3.8) is 0 Å². The van der Waals surface area contributed by atoms with Gasteiger partial charge >= 0.3 is 12.4 Å². The third-order valence-electron chi connectivity index (χ3n) is 3.94. The van der Waals surface area contributed by atoms with Crippen LogP contribution >= 0.6 is 0 Å². The number of alkyl halides is 6. The van der Waals surface area contributed by atoms with E-state index < -0.39 is 47.1 Å². The molecule has 0 bridgehead atoms. The number of amides is 1. The third kappa shape index (κ3) is 3.74. The van der Waals surface area contributed by atoms with Gasteiger partial charge in [0.1, 0.15) is 11.3 Å². The van der Waals surface area contributed by atoms with Gasteiger partial charge in [-0.1, -0.05) is 6.92 Å². The largest absolute Gasteiger partial charge is 0.431 e. The molecule has 0 radical (unpaired) electrons. The molecule has 0 saturated heterocycles. The van der Waals surface area contributed by atoms with Crippen LogP contribution in [0.1, 0.15) is 30.9 Å². The number of anilines is 1.